The van der Waals surface area contributed by atoms with Gasteiger partial charge in [-0.1, -0.05) is 28.1 Å². The Balaban J connectivity index is 3.07. The minimum atomic E-state index is -0.410. The van der Waals surface area contributed by atoms with E-state index in [4.69, 9.17) is 6.67 Å². The summed E-state index contributed by atoms with van der Waals surface area (Å²) in [6.45, 7) is 0. The maximum atomic E-state index is 11.2. The lowest BCUT2D eigenvalue weighted by atomic mass is 10.2. The van der Waals surface area contributed by atoms with Crippen molar-refractivity contribution in [3.8, 4) is 6.07 Å². The minimum absolute atomic E-state index is 0.0657. The molecule has 0 fully saturated rings. The summed E-state index contributed by atoms with van der Waals surface area (Å²) in [5.74, 6) is -0.410. The van der Waals surface area contributed by atoms with Gasteiger partial charge >= 0.3 is 0 Å². The fourth-order valence-electron chi connectivity index (χ4n) is 0.830. The summed E-state index contributed by atoms with van der Waals surface area (Å²) in [6, 6.07) is 8.42. The van der Waals surface area contributed by atoms with Crippen molar-refractivity contribution in [2.75, 3.05) is 10.6 Å². The lowest BCUT2D eigenvalue weighted by Gasteiger charge is -2.03. The van der Waals surface area contributed by atoms with Crippen molar-refractivity contribution in [2.45, 2.75) is 0 Å². The Hall–Kier alpha value is -1.34. The van der Waals surface area contributed by atoms with Crippen molar-refractivity contribution in [1.29, 1.82) is 5.26 Å². The van der Waals surface area contributed by atoms with E-state index in [2.05, 4.69) is 15.9 Å². The fraction of sp³-hybridized carbons (Fsp3) is 0.111. The van der Waals surface area contributed by atoms with Crippen LogP contribution in [0.1, 0.15) is 5.56 Å². The zero-order valence-electron chi connectivity index (χ0n) is 7.70. The molecule has 66 valence electrons. The number of hydrogen-bond donors (Lipinski definition) is 1. The summed E-state index contributed by atoms with van der Waals surface area (Å²) in [5.41, 5.74) is 0.622. The topological polar surface area (TPSA) is 52.9 Å². The van der Waals surface area contributed by atoms with Crippen LogP contribution in [0.3, 0.4) is 0 Å². The van der Waals surface area contributed by atoms with E-state index < -0.39 is 5.91 Å². The average Bonchev–Trinajstić information content (AvgIpc) is 2.26. The first-order valence-corrected chi connectivity index (χ1v) is 4.69. The number of hydrogen-bond acceptors (Lipinski definition) is 2. The van der Waals surface area contributed by atoms with Gasteiger partial charge in [0.25, 0.3) is 0 Å². The second-order valence-electron chi connectivity index (χ2n) is 2.27. The van der Waals surface area contributed by atoms with Crippen molar-refractivity contribution in [1.82, 2.24) is 0 Å². The predicted octanol–water partition coefficient (Wildman–Crippen LogP) is 1.89. The molecule has 13 heavy (non-hydrogen) atoms. The van der Waals surface area contributed by atoms with Gasteiger partial charge in [-0.15, -0.1) is 0 Å². The summed E-state index contributed by atoms with van der Waals surface area (Å²) >= 11 is 2.97. The number of nitriles is 1. The molecule has 0 atom stereocenters. The number of rotatable bonds is 2. The lowest BCUT2D eigenvalue weighted by molar-refractivity contribution is -0.113. The SMILES string of the molecule is [2H]N(C(=O)CBr)c1ccccc1C#N. The van der Waals surface area contributed by atoms with Crippen molar-refractivity contribution in [3.05, 3.63) is 29.8 Å². The number of anilines is 1. The maximum Gasteiger partial charge on any atom is 0.235 e. The van der Waals surface area contributed by atoms with Gasteiger partial charge in [-0.3, -0.25) is 4.79 Å². The van der Waals surface area contributed by atoms with Crippen LogP contribution in [0.2, 0.25) is 1.41 Å². The van der Waals surface area contributed by atoms with Crippen LogP contribution >= 0.6 is 15.9 Å². The van der Waals surface area contributed by atoms with Crippen LogP contribution in [0.25, 0.3) is 0 Å². The van der Waals surface area contributed by atoms with Gasteiger partial charge in [0.15, 0.2) is 1.41 Å². The normalized spacial score (nSPS) is 10.0. The monoisotopic (exact) mass is 239 g/mol. The Morgan fingerprint density at radius 2 is 2.38 bits per heavy atom. The van der Waals surface area contributed by atoms with Gasteiger partial charge in [0.1, 0.15) is 6.07 Å². The van der Waals surface area contributed by atoms with E-state index in [1.54, 1.807) is 24.3 Å². The molecule has 4 heteroatoms. The molecule has 1 amide bonds. The molecule has 0 bridgehead atoms. The molecule has 0 aromatic heterocycles. The van der Waals surface area contributed by atoms with E-state index >= 15 is 0 Å². The second-order valence-corrected chi connectivity index (χ2v) is 2.83. The molecule has 0 aliphatic heterocycles. The first-order valence-electron chi connectivity index (χ1n) is 4.02. The third-order valence-corrected chi connectivity index (χ3v) is 1.86. The largest absolute Gasteiger partial charge is 0.324 e. The molecule has 1 rings (SSSR count). The Morgan fingerprint density at radius 1 is 1.69 bits per heavy atom. The van der Waals surface area contributed by atoms with Crippen LogP contribution in [-0.4, -0.2) is 11.2 Å². The molecule has 0 aliphatic carbocycles. The van der Waals surface area contributed by atoms with Crippen LogP contribution < -0.4 is 5.31 Å². The number of halogens is 1. The summed E-state index contributed by atoms with van der Waals surface area (Å²) in [7, 11) is 0. The first-order chi connectivity index (χ1) is 6.70. The van der Waals surface area contributed by atoms with E-state index in [9.17, 15) is 4.79 Å². The van der Waals surface area contributed by atoms with E-state index in [1.165, 1.54) is 0 Å². The van der Waals surface area contributed by atoms with Gasteiger partial charge < -0.3 is 5.31 Å². The molecule has 0 radical (unpaired) electrons. The first kappa shape index (κ1) is 8.27. The fourth-order valence-corrected chi connectivity index (χ4v) is 0.955. The van der Waals surface area contributed by atoms with Gasteiger partial charge in [-0.25, -0.2) is 0 Å². The predicted molar refractivity (Wildman–Crippen MR) is 53.6 cm³/mol. The molecule has 0 spiro atoms. The number of carbonyl (C=O) groups is 1. The van der Waals surface area contributed by atoms with Gasteiger partial charge in [0.2, 0.25) is 5.91 Å². The van der Waals surface area contributed by atoms with E-state index in [1.807, 2.05) is 6.07 Å². The summed E-state index contributed by atoms with van der Waals surface area (Å²) in [5, 5.41) is 9.52. The Labute approximate surface area is 86.0 Å². The van der Waals surface area contributed by atoms with Crippen molar-refractivity contribution < 1.29 is 6.21 Å². The highest BCUT2D eigenvalue weighted by molar-refractivity contribution is 9.09. The quantitative estimate of drug-likeness (QED) is 0.802. The highest BCUT2D eigenvalue weighted by Gasteiger charge is 2.03. The number of para-hydroxylation sites is 1. The van der Waals surface area contributed by atoms with E-state index in [0.717, 1.165) is 0 Å². The summed E-state index contributed by atoms with van der Waals surface area (Å²) in [6.07, 6.45) is 0. The minimum Gasteiger partial charge on any atom is -0.324 e. The number of nitrogens with one attached hydrogen (secondary N) is 1. The van der Waals surface area contributed by atoms with Crippen LogP contribution in [0, 0.1) is 11.3 Å². The number of amides is 1. The number of alkyl halides is 1. The third-order valence-electron chi connectivity index (χ3n) is 1.38. The smallest absolute Gasteiger partial charge is 0.235 e. The number of nitrogens with zero attached hydrogens (tertiary/aromatic N) is 1. The zero-order valence-corrected chi connectivity index (χ0v) is 8.28. The standard InChI is InChI=1S/C9H7BrN2O/c10-5-9(13)12-8-4-2-1-3-7(8)6-11/h1-4H,5H2,(H,12,13)/i/hD. The van der Waals surface area contributed by atoms with Crippen molar-refractivity contribution in [3.63, 3.8) is 0 Å². The van der Waals surface area contributed by atoms with Gasteiger partial charge in [-0.2, -0.15) is 5.26 Å². The van der Waals surface area contributed by atoms with E-state index in [0.29, 0.717) is 16.6 Å². The highest BCUT2D eigenvalue weighted by Crippen LogP contribution is 2.13. The molecule has 3 nitrogen and oxygen atoms in total. The van der Waals surface area contributed by atoms with E-state index in [-0.39, 0.29) is 5.33 Å². The molecule has 1 aromatic carbocycles. The molecule has 0 heterocycles. The average molecular weight is 240 g/mol. The summed E-state index contributed by atoms with van der Waals surface area (Å²) in [4.78, 5) is 11.2. The molecular formula is C9H7BrN2O. The van der Waals surface area contributed by atoms with Gasteiger partial charge in [0, 0.05) is 0 Å². The van der Waals surface area contributed by atoms with Crippen LogP contribution in [0.4, 0.5) is 5.69 Å². The highest BCUT2D eigenvalue weighted by atomic mass is 79.9. The number of benzene rings is 1. The Bertz CT molecular complexity index is 389. The molecular weight excluding hydrogens is 232 g/mol. The molecule has 0 aliphatic rings. The van der Waals surface area contributed by atoms with Crippen LogP contribution in [0.15, 0.2) is 24.3 Å². The van der Waals surface area contributed by atoms with Gasteiger partial charge in [-0.05, 0) is 12.1 Å². The number of carbonyl (C=O) groups excluding carboxylic acids is 1. The van der Waals surface area contributed by atoms with Crippen molar-refractivity contribution in [2.24, 2.45) is 0 Å². The zero-order chi connectivity index (χ0) is 10.6. The molecule has 1 N–H and O–H groups in total. The van der Waals surface area contributed by atoms with Crippen LogP contribution in [-0.2, 0) is 4.79 Å². The van der Waals surface area contributed by atoms with Crippen LogP contribution in [0.5, 0.6) is 0 Å². The molecule has 1 aromatic rings. The van der Waals surface area contributed by atoms with Gasteiger partial charge in [0.05, 0.1) is 16.6 Å². The third kappa shape index (κ3) is 2.56. The second kappa shape index (κ2) is 4.63. The lowest BCUT2D eigenvalue weighted by Crippen LogP contribution is -2.13. The Morgan fingerprint density at radius 3 is 3.00 bits per heavy atom. The Kier molecular flexibility index (Phi) is 2.94. The molecule has 0 saturated heterocycles. The molecule has 0 saturated carbocycles. The van der Waals surface area contributed by atoms with Crippen molar-refractivity contribution >= 4 is 27.5 Å². The summed E-state index contributed by atoms with van der Waals surface area (Å²) < 4.78 is 7.47. The maximum absolute atomic E-state index is 11.2. The molecule has 0 unspecified atom stereocenters.